The van der Waals surface area contributed by atoms with Crippen molar-refractivity contribution in [1.82, 2.24) is 10.2 Å². The molecule has 0 aliphatic heterocycles. The fraction of sp³-hybridized carbons (Fsp3) is 1.00. The van der Waals surface area contributed by atoms with Gasteiger partial charge in [0.2, 0.25) is 0 Å². The average molecular weight is 240 g/mol. The molecule has 3 atom stereocenters. The van der Waals surface area contributed by atoms with E-state index in [4.69, 9.17) is 0 Å². The first-order valence-corrected chi connectivity index (χ1v) is 7.57. The first kappa shape index (κ1) is 15.0. The second kappa shape index (κ2) is 8.10. The number of hydrogen-bond donors (Lipinski definition) is 1. The highest BCUT2D eigenvalue weighted by molar-refractivity contribution is 4.84. The monoisotopic (exact) mass is 240 g/mol. The largest absolute Gasteiger partial charge is 0.314 e. The number of hydrogen-bond acceptors (Lipinski definition) is 2. The lowest BCUT2D eigenvalue weighted by atomic mass is 9.73. The molecule has 0 amide bonds. The van der Waals surface area contributed by atoms with Crippen molar-refractivity contribution in [2.24, 2.45) is 11.8 Å². The molecule has 2 nitrogen and oxygen atoms in total. The van der Waals surface area contributed by atoms with Crippen molar-refractivity contribution >= 4 is 0 Å². The third kappa shape index (κ3) is 4.97. The normalized spacial score (nSPS) is 27.4. The maximum Gasteiger partial charge on any atom is 0.0110 e. The molecule has 1 fully saturated rings. The van der Waals surface area contributed by atoms with Crippen LogP contribution in [0.15, 0.2) is 0 Å². The predicted molar refractivity (Wildman–Crippen MR) is 76.4 cm³/mol. The molecular formula is C15H32N2. The van der Waals surface area contributed by atoms with Gasteiger partial charge < -0.3 is 10.2 Å². The maximum absolute atomic E-state index is 3.75. The minimum absolute atomic E-state index is 0.743. The molecule has 1 aliphatic carbocycles. The lowest BCUT2D eigenvalue weighted by Gasteiger charge is -2.37. The molecule has 1 aliphatic rings. The Labute approximate surface area is 108 Å². The van der Waals surface area contributed by atoms with Crippen LogP contribution in [0.4, 0.5) is 0 Å². The molecule has 0 aromatic carbocycles. The highest BCUT2D eigenvalue weighted by Crippen LogP contribution is 2.35. The van der Waals surface area contributed by atoms with Gasteiger partial charge in [0.25, 0.3) is 0 Å². The van der Waals surface area contributed by atoms with Gasteiger partial charge in [-0.2, -0.15) is 0 Å². The van der Waals surface area contributed by atoms with Crippen molar-refractivity contribution in [2.45, 2.75) is 58.4 Å². The minimum Gasteiger partial charge on any atom is -0.314 e. The highest BCUT2D eigenvalue weighted by atomic mass is 15.1. The molecular weight excluding hydrogens is 208 g/mol. The summed E-state index contributed by atoms with van der Waals surface area (Å²) in [7, 11) is 4.36. The Hall–Kier alpha value is -0.0800. The summed E-state index contributed by atoms with van der Waals surface area (Å²) in [5.74, 6) is 1.89. The van der Waals surface area contributed by atoms with Crippen LogP contribution >= 0.6 is 0 Å². The van der Waals surface area contributed by atoms with Crippen LogP contribution in [0.25, 0.3) is 0 Å². The van der Waals surface area contributed by atoms with E-state index in [1.807, 2.05) is 0 Å². The zero-order chi connectivity index (χ0) is 12.7. The van der Waals surface area contributed by atoms with Gasteiger partial charge in [-0.1, -0.05) is 39.5 Å². The van der Waals surface area contributed by atoms with Crippen LogP contribution in [0.2, 0.25) is 0 Å². The molecule has 0 aromatic heterocycles. The molecule has 2 heteroatoms. The third-order valence-electron chi connectivity index (χ3n) is 4.36. The third-order valence-corrected chi connectivity index (χ3v) is 4.36. The number of nitrogens with one attached hydrogen (secondary N) is 1. The maximum atomic E-state index is 3.75. The molecule has 0 aromatic rings. The molecule has 1 N–H and O–H groups in total. The molecule has 0 saturated heterocycles. The summed E-state index contributed by atoms with van der Waals surface area (Å²) in [6.07, 6.45) is 8.50. The Morgan fingerprint density at radius 1 is 1.18 bits per heavy atom. The lowest BCUT2D eigenvalue weighted by Crippen LogP contribution is -2.42. The van der Waals surface area contributed by atoms with Crippen molar-refractivity contribution in [3.8, 4) is 0 Å². The summed E-state index contributed by atoms with van der Waals surface area (Å²) in [4.78, 5) is 2.31. The summed E-state index contributed by atoms with van der Waals surface area (Å²) in [5, 5.41) is 3.75. The molecule has 3 unspecified atom stereocenters. The van der Waals surface area contributed by atoms with Gasteiger partial charge in [-0.3, -0.25) is 0 Å². The van der Waals surface area contributed by atoms with Gasteiger partial charge in [-0.05, 0) is 51.9 Å². The zero-order valence-corrected chi connectivity index (χ0v) is 12.3. The van der Waals surface area contributed by atoms with Crippen LogP contribution in [-0.4, -0.2) is 38.1 Å². The van der Waals surface area contributed by atoms with Crippen LogP contribution in [0.5, 0.6) is 0 Å². The molecule has 1 rings (SSSR count). The molecule has 0 spiro atoms. The van der Waals surface area contributed by atoms with Crippen LogP contribution in [0, 0.1) is 11.8 Å². The van der Waals surface area contributed by atoms with E-state index in [0.29, 0.717) is 0 Å². The van der Waals surface area contributed by atoms with Gasteiger partial charge in [-0.25, -0.2) is 0 Å². The van der Waals surface area contributed by atoms with Crippen molar-refractivity contribution in [3.05, 3.63) is 0 Å². The number of rotatable bonds is 7. The van der Waals surface area contributed by atoms with Gasteiger partial charge in [0.05, 0.1) is 0 Å². The second-order valence-corrected chi connectivity index (χ2v) is 5.87. The molecule has 102 valence electrons. The van der Waals surface area contributed by atoms with Gasteiger partial charge in [-0.15, -0.1) is 0 Å². The first-order chi connectivity index (χ1) is 8.19. The van der Waals surface area contributed by atoms with Gasteiger partial charge >= 0.3 is 0 Å². The Morgan fingerprint density at radius 3 is 2.47 bits per heavy atom. The lowest BCUT2D eigenvalue weighted by molar-refractivity contribution is 0.163. The summed E-state index contributed by atoms with van der Waals surface area (Å²) in [6, 6.07) is 0.743. The van der Waals surface area contributed by atoms with E-state index < -0.39 is 0 Å². The Kier molecular flexibility index (Phi) is 7.14. The summed E-state index contributed by atoms with van der Waals surface area (Å²) < 4.78 is 0. The smallest absolute Gasteiger partial charge is 0.0110 e. The highest BCUT2D eigenvalue weighted by Gasteiger charge is 2.29. The standard InChI is InChI=1S/C15H32N2/c1-5-13-9-7-8-10-14(13)15(16-6-2)11-12-17(3)4/h13-16H,5-12H2,1-4H3. The van der Waals surface area contributed by atoms with Crippen LogP contribution in [0.1, 0.15) is 52.4 Å². The average Bonchev–Trinajstić information content (AvgIpc) is 2.34. The van der Waals surface area contributed by atoms with Crippen LogP contribution in [0.3, 0.4) is 0 Å². The van der Waals surface area contributed by atoms with E-state index in [1.165, 1.54) is 45.1 Å². The van der Waals surface area contributed by atoms with E-state index >= 15 is 0 Å². The topological polar surface area (TPSA) is 15.3 Å². The summed E-state index contributed by atoms with van der Waals surface area (Å²) >= 11 is 0. The quantitative estimate of drug-likeness (QED) is 0.735. The van der Waals surface area contributed by atoms with E-state index in [2.05, 4.69) is 38.2 Å². The van der Waals surface area contributed by atoms with E-state index in [9.17, 15) is 0 Å². The van der Waals surface area contributed by atoms with Gasteiger partial charge in [0, 0.05) is 6.04 Å². The fourth-order valence-electron chi connectivity index (χ4n) is 3.40. The molecule has 0 heterocycles. The van der Waals surface area contributed by atoms with Crippen molar-refractivity contribution in [3.63, 3.8) is 0 Å². The first-order valence-electron chi connectivity index (χ1n) is 7.57. The SMILES string of the molecule is CCNC(CCN(C)C)C1CCCCC1CC. The van der Waals surface area contributed by atoms with Crippen LogP contribution in [-0.2, 0) is 0 Å². The summed E-state index contributed by atoms with van der Waals surface area (Å²) in [6.45, 7) is 6.94. The van der Waals surface area contributed by atoms with E-state index in [0.717, 1.165) is 24.4 Å². The summed E-state index contributed by atoms with van der Waals surface area (Å²) in [5.41, 5.74) is 0. The van der Waals surface area contributed by atoms with E-state index in [-0.39, 0.29) is 0 Å². The minimum atomic E-state index is 0.743. The second-order valence-electron chi connectivity index (χ2n) is 5.87. The van der Waals surface area contributed by atoms with Crippen LogP contribution < -0.4 is 5.32 Å². The zero-order valence-electron chi connectivity index (χ0n) is 12.3. The Balaban J connectivity index is 2.53. The molecule has 0 bridgehead atoms. The van der Waals surface area contributed by atoms with Gasteiger partial charge in [0.15, 0.2) is 0 Å². The molecule has 1 saturated carbocycles. The van der Waals surface area contributed by atoms with Crippen molar-refractivity contribution in [2.75, 3.05) is 27.2 Å². The van der Waals surface area contributed by atoms with Gasteiger partial charge in [0.1, 0.15) is 0 Å². The Bertz CT molecular complexity index is 191. The Morgan fingerprint density at radius 2 is 1.88 bits per heavy atom. The van der Waals surface area contributed by atoms with E-state index in [1.54, 1.807) is 0 Å². The molecule has 0 radical (unpaired) electrons. The van der Waals surface area contributed by atoms with Crippen molar-refractivity contribution in [1.29, 1.82) is 0 Å². The fourth-order valence-corrected chi connectivity index (χ4v) is 3.40. The number of nitrogens with zero attached hydrogens (tertiary/aromatic N) is 1. The predicted octanol–water partition coefficient (Wildman–Crippen LogP) is 3.13. The molecule has 17 heavy (non-hydrogen) atoms. The van der Waals surface area contributed by atoms with Crippen molar-refractivity contribution < 1.29 is 0 Å².